The molecule has 0 amide bonds. The molecule has 3 aromatic heterocycles. The number of aliphatic hydroxyl groups excluding tert-OH is 3. The van der Waals surface area contributed by atoms with Crippen LogP contribution in [0, 0.1) is 0 Å². The summed E-state index contributed by atoms with van der Waals surface area (Å²) in [5, 5.41) is 28.7. The Bertz CT molecular complexity index is 2300. The molecule has 0 saturated heterocycles. The summed E-state index contributed by atoms with van der Waals surface area (Å²) in [6.07, 6.45) is 20.8. The lowest BCUT2D eigenvalue weighted by Crippen LogP contribution is -2.32. The maximum Gasteiger partial charge on any atom is 0.111 e. The van der Waals surface area contributed by atoms with Gasteiger partial charge < -0.3 is 29.0 Å². The first-order chi connectivity index (χ1) is 32.0. The number of hydrogen-bond acceptors (Lipinski definition) is 6. The van der Waals surface area contributed by atoms with Crippen LogP contribution in [-0.4, -0.2) is 79.3 Å². The monoisotopic (exact) mass is 900 g/mol. The second kappa shape index (κ2) is 18.6. The SMILES string of the molecule is OC1CCC(F)(CCC2c3ccccc3-c3cncn32)CC1.OC1CCC(F)(CC[C@@H]2c3ccccc3-c3cncn32)CC1.OC1CCC(F)(CC[C@H]2c3ccccc3-c3cncn32)CC1. The minimum absolute atomic E-state index is 0.188. The van der Waals surface area contributed by atoms with E-state index in [1.54, 1.807) is 0 Å². The first kappa shape index (κ1) is 44.8. The molecule has 3 aliphatic heterocycles. The molecule has 1 unspecified atom stereocenters. The average molecular weight is 901 g/mol. The van der Waals surface area contributed by atoms with Crippen LogP contribution in [0.3, 0.4) is 0 Å². The van der Waals surface area contributed by atoms with Crippen LogP contribution < -0.4 is 0 Å². The Balaban J connectivity index is 0.000000116. The van der Waals surface area contributed by atoms with Gasteiger partial charge in [-0.2, -0.15) is 0 Å². The van der Waals surface area contributed by atoms with Gasteiger partial charge in [0.15, 0.2) is 0 Å². The summed E-state index contributed by atoms with van der Waals surface area (Å²) < 4.78 is 51.3. The normalized spacial score (nSPS) is 30.1. The molecule has 0 bridgehead atoms. The van der Waals surface area contributed by atoms with Crippen molar-refractivity contribution in [1.82, 2.24) is 28.7 Å². The Morgan fingerprint density at radius 2 is 0.682 bits per heavy atom. The van der Waals surface area contributed by atoms with Crippen LogP contribution in [0.4, 0.5) is 13.2 Å². The first-order valence-electron chi connectivity index (χ1n) is 24.4. The van der Waals surface area contributed by atoms with Crippen molar-refractivity contribution in [3.05, 3.63) is 127 Å². The lowest BCUT2D eigenvalue weighted by atomic mass is 9.80. The van der Waals surface area contributed by atoms with E-state index in [-0.39, 0.29) is 36.4 Å². The maximum absolute atomic E-state index is 14.9. The molecule has 3 N–H and O–H groups in total. The molecule has 12 heteroatoms. The summed E-state index contributed by atoms with van der Waals surface area (Å²) in [6.45, 7) is 0. The third-order valence-corrected chi connectivity index (χ3v) is 15.9. The summed E-state index contributed by atoms with van der Waals surface area (Å²) in [5.74, 6) is 0. The van der Waals surface area contributed by atoms with Crippen molar-refractivity contribution in [2.75, 3.05) is 0 Å². The predicted octanol–water partition coefficient (Wildman–Crippen LogP) is 11.6. The van der Waals surface area contributed by atoms with Crippen molar-refractivity contribution in [2.45, 2.75) is 169 Å². The number of fused-ring (bicyclic) bond motifs is 9. The second-order valence-electron chi connectivity index (χ2n) is 20.1. The molecule has 3 fully saturated rings. The van der Waals surface area contributed by atoms with Crippen LogP contribution in [0.2, 0.25) is 0 Å². The van der Waals surface area contributed by atoms with Crippen molar-refractivity contribution in [3.63, 3.8) is 0 Å². The number of hydrogen-bond donors (Lipinski definition) is 3. The first-order valence-corrected chi connectivity index (χ1v) is 24.4. The zero-order chi connectivity index (χ0) is 45.5. The fourth-order valence-electron chi connectivity index (χ4n) is 12.0. The van der Waals surface area contributed by atoms with E-state index < -0.39 is 17.0 Å². The molecule has 0 spiro atoms. The lowest BCUT2D eigenvalue weighted by Gasteiger charge is -2.33. The van der Waals surface area contributed by atoms with Gasteiger partial charge in [-0.1, -0.05) is 72.8 Å². The number of rotatable bonds is 9. The van der Waals surface area contributed by atoms with Gasteiger partial charge in [0.1, 0.15) is 17.0 Å². The van der Waals surface area contributed by atoms with E-state index in [4.69, 9.17) is 0 Å². The Morgan fingerprint density at radius 3 is 0.955 bits per heavy atom. The molecule has 348 valence electrons. The quantitative estimate of drug-likeness (QED) is 0.133. The molecular formula is C54H63F3N6O3. The van der Waals surface area contributed by atoms with Crippen LogP contribution in [0.5, 0.6) is 0 Å². The predicted molar refractivity (Wildman–Crippen MR) is 250 cm³/mol. The molecule has 3 aliphatic carbocycles. The zero-order valence-electron chi connectivity index (χ0n) is 37.7. The van der Waals surface area contributed by atoms with E-state index in [2.05, 4.69) is 65.1 Å². The molecule has 6 heterocycles. The second-order valence-corrected chi connectivity index (χ2v) is 20.1. The van der Waals surface area contributed by atoms with Gasteiger partial charge in [0.25, 0.3) is 0 Å². The van der Waals surface area contributed by atoms with Crippen molar-refractivity contribution in [2.24, 2.45) is 0 Å². The van der Waals surface area contributed by atoms with E-state index in [9.17, 15) is 28.5 Å². The molecule has 6 aliphatic rings. The molecular weight excluding hydrogens is 838 g/mol. The van der Waals surface area contributed by atoms with Gasteiger partial charge >= 0.3 is 0 Å². The highest BCUT2D eigenvalue weighted by Gasteiger charge is 2.40. The number of aromatic nitrogens is 6. The van der Waals surface area contributed by atoms with Crippen LogP contribution >= 0.6 is 0 Å². The van der Waals surface area contributed by atoms with Crippen molar-refractivity contribution < 1.29 is 28.5 Å². The zero-order valence-corrected chi connectivity index (χ0v) is 37.7. The van der Waals surface area contributed by atoms with Crippen LogP contribution in [0.25, 0.3) is 33.8 Å². The molecule has 3 atom stereocenters. The van der Waals surface area contributed by atoms with Crippen LogP contribution in [0.1, 0.15) is 150 Å². The van der Waals surface area contributed by atoms with Crippen LogP contribution in [0.15, 0.2) is 110 Å². The number of benzene rings is 3. The summed E-state index contributed by atoms with van der Waals surface area (Å²) in [5.41, 5.74) is 7.55. The van der Waals surface area contributed by atoms with E-state index >= 15 is 0 Å². The number of halogens is 3. The van der Waals surface area contributed by atoms with E-state index in [0.29, 0.717) is 96.3 Å². The average Bonchev–Trinajstić information content (AvgIpc) is 4.20. The van der Waals surface area contributed by atoms with Crippen molar-refractivity contribution in [3.8, 4) is 33.8 Å². The molecule has 0 radical (unpaired) electrons. The summed E-state index contributed by atoms with van der Waals surface area (Å²) >= 11 is 0. The Hall–Kier alpha value is -5.04. The highest BCUT2D eigenvalue weighted by atomic mass is 19.2. The van der Waals surface area contributed by atoms with Gasteiger partial charge in [-0.05, 0) is 132 Å². The fraction of sp³-hybridized carbons (Fsp3) is 0.500. The number of nitrogens with zero attached hydrogens (tertiary/aromatic N) is 6. The smallest absolute Gasteiger partial charge is 0.111 e. The maximum atomic E-state index is 14.9. The third kappa shape index (κ3) is 9.05. The van der Waals surface area contributed by atoms with Gasteiger partial charge in [-0.3, -0.25) is 0 Å². The van der Waals surface area contributed by atoms with E-state index in [1.165, 1.54) is 33.4 Å². The molecule has 3 aromatic carbocycles. The van der Waals surface area contributed by atoms with Gasteiger partial charge in [0, 0.05) is 16.7 Å². The highest BCUT2D eigenvalue weighted by Crippen LogP contribution is 2.47. The minimum Gasteiger partial charge on any atom is -0.393 e. The van der Waals surface area contributed by atoms with E-state index in [0.717, 1.165) is 36.3 Å². The molecule has 66 heavy (non-hydrogen) atoms. The molecule has 3 saturated carbocycles. The van der Waals surface area contributed by atoms with Gasteiger partial charge in [0.05, 0.1) is 91.1 Å². The highest BCUT2D eigenvalue weighted by molar-refractivity contribution is 5.70. The van der Waals surface area contributed by atoms with Crippen molar-refractivity contribution >= 4 is 0 Å². The molecule has 9 nitrogen and oxygen atoms in total. The van der Waals surface area contributed by atoms with E-state index in [1.807, 2.05) is 74.0 Å². The number of aliphatic hydroxyl groups is 3. The molecule has 12 rings (SSSR count). The van der Waals surface area contributed by atoms with Gasteiger partial charge in [0.2, 0.25) is 0 Å². The van der Waals surface area contributed by atoms with Crippen LogP contribution in [-0.2, 0) is 0 Å². The molecule has 6 aromatic rings. The summed E-state index contributed by atoms with van der Waals surface area (Å²) in [6, 6.07) is 25.6. The minimum atomic E-state index is -1.11. The largest absolute Gasteiger partial charge is 0.393 e. The number of alkyl halides is 3. The number of imidazole rings is 3. The summed E-state index contributed by atoms with van der Waals surface area (Å²) in [7, 11) is 0. The Kier molecular flexibility index (Phi) is 12.6. The van der Waals surface area contributed by atoms with Gasteiger partial charge in [-0.25, -0.2) is 28.1 Å². The third-order valence-electron chi connectivity index (χ3n) is 15.9. The summed E-state index contributed by atoms with van der Waals surface area (Å²) in [4.78, 5) is 12.8. The Morgan fingerprint density at radius 1 is 0.424 bits per heavy atom. The lowest BCUT2D eigenvalue weighted by molar-refractivity contribution is 0.0253. The standard InChI is InChI=1S/3C18H21FN2O/c3*19-18(8-5-13(22)6-9-18)10-7-16-14-3-1-2-4-15(14)17-11-20-12-21(16)17/h3*1-4,11-13,16,22H,5-10H2/t2*13?,16-,18?;/m10./s1. The van der Waals surface area contributed by atoms with Gasteiger partial charge in [-0.15, -0.1) is 0 Å². The Labute approximate surface area is 385 Å². The fourth-order valence-corrected chi connectivity index (χ4v) is 12.0. The topological polar surface area (TPSA) is 114 Å². The van der Waals surface area contributed by atoms with Crippen molar-refractivity contribution in [1.29, 1.82) is 0 Å².